The molecule has 9 nitrogen and oxygen atoms in total. The first-order chi connectivity index (χ1) is 18.6. The van der Waals surface area contributed by atoms with Crippen LogP contribution in [0.15, 0.2) is 27.3 Å². The third kappa shape index (κ3) is 2.81. The van der Waals surface area contributed by atoms with Gasteiger partial charge in [-0.2, -0.15) is 0 Å². The van der Waals surface area contributed by atoms with Crippen LogP contribution in [-0.2, 0) is 11.2 Å². The molecule has 5 aromatic rings. The average molecular weight is 529 g/mol. The Bertz CT molecular complexity index is 2070. The molecule has 2 N–H and O–H groups in total. The summed E-state index contributed by atoms with van der Waals surface area (Å²) in [5, 5.41) is 25.2. The van der Waals surface area contributed by atoms with Gasteiger partial charge in [0.05, 0.1) is 39.2 Å². The number of benzene rings is 5. The van der Waals surface area contributed by atoms with Crippen LogP contribution in [0.2, 0.25) is 0 Å². The number of ketones is 1. The predicted molar refractivity (Wildman–Crippen MR) is 148 cm³/mol. The maximum atomic E-state index is 13.5. The van der Waals surface area contributed by atoms with Crippen LogP contribution in [0.3, 0.4) is 0 Å². The normalized spacial score (nSPS) is 13.2. The van der Waals surface area contributed by atoms with Crippen molar-refractivity contribution >= 4 is 54.4 Å². The zero-order valence-electron chi connectivity index (χ0n) is 22.1. The molecule has 39 heavy (non-hydrogen) atoms. The number of allylic oxidation sites excluding steroid dienone is 2. The van der Waals surface area contributed by atoms with Crippen molar-refractivity contribution in [3.63, 3.8) is 0 Å². The van der Waals surface area contributed by atoms with Crippen molar-refractivity contribution in [2.45, 2.75) is 20.3 Å². The number of Topliss-reactive ketones (excluding diaryl/α,β-unsaturated/α-hetero) is 1. The summed E-state index contributed by atoms with van der Waals surface area (Å²) in [6.07, 6.45) is 0.172. The van der Waals surface area contributed by atoms with E-state index in [0.717, 1.165) is 0 Å². The van der Waals surface area contributed by atoms with E-state index in [9.17, 15) is 24.6 Å². The minimum absolute atomic E-state index is 0.00428. The fraction of sp³-hybridized carbons (Fsp3) is 0.233. The summed E-state index contributed by atoms with van der Waals surface area (Å²) in [5.74, 6) is -0.645. The molecule has 198 valence electrons. The van der Waals surface area contributed by atoms with Crippen LogP contribution in [0.1, 0.15) is 25.0 Å². The standard InChI is InChI=1S/C30H24O9/c1-10-7-12-18-23-19(27(34)29(12)38-5)13(32)8-15(36-3)21(23)22-16(37-4)9-14(33)20-25(22)24(18)26(17(10)11(2)31)30(39-6)28(20)35/h8-9,34-35H,7H2,1-6H3. The van der Waals surface area contributed by atoms with Gasteiger partial charge in [-0.15, -0.1) is 0 Å². The van der Waals surface area contributed by atoms with Gasteiger partial charge in [0.15, 0.2) is 39.6 Å². The highest BCUT2D eigenvalue weighted by molar-refractivity contribution is 6.41. The van der Waals surface area contributed by atoms with Crippen LogP contribution in [-0.4, -0.2) is 44.4 Å². The van der Waals surface area contributed by atoms with Crippen molar-refractivity contribution in [2.24, 2.45) is 0 Å². The van der Waals surface area contributed by atoms with E-state index >= 15 is 0 Å². The lowest BCUT2D eigenvalue weighted by molar-refractivity contribution is -0.111. The van der Waals surface area contributed by atoms with Crippen molar-refractivity contribution in [1.82, 2.24) is 0 Å². The molecule has 0 atom stereocenters. The lowest BCUT2D eigenvalue weighted by atomic mass is 9.83. The van der Waals surface area contributed by atoms with Crippen LogP contribution >= 0.6 is 0 Å². The van der Waals surface area contributed by atoms with Gasteiger partial charge in [-0.25, -0.2) is 0 Å². The van der Waals surface area contributed by atoms with Gasteiger partial charge in [-0.05, 0) is 25.7 Å². The van der Waals surface area contributed by atoms with E-state index in [1.54, 1.807) is 6.92 Å². The van der Waals surface area contributed by atoms with Gasteiger partial charge in [-0.1, -0.05) is 5.57 Å². The van der Waals surface area contributed by atoms with Crippen molar-refractivity contribution in [3.05, 3.63) is 49.3 Å². The number of carbonyl (C=O) groups excluding carboxylic acids is 1. The van der Waals surface area contributed by atoms with Gasteiger partial charge in [0.25, 0.3) is 0 Å². The summed E-state index contributed by atoms with van der Waals surface area (Å²) < 4.78 is 22.7. The number of ether oxygens (including phenoxy) is 4. The molecule has 6 rings (SSSR count). The second-order valence-electron chi connectivity index (χ2n) is 9.66. The highest BCUT2D eigenvalue weighted by atomic mass is 16.5. The first kappa shape index (κ1) is 24.5. The molecule has 1 aliphatic carbocycles. The minimum atomic E-state index is -0.523. The highest BCUT2D eigenvalue weighted by Crippen LogP contribution is 2.57. The molecule has 0 unspecified atom stereocenters. The van der Waals surface area contributed by atoms with Gasteiger partial charge in [-0.3, -0.25) is 14.4 Å². The Labute approximate surface area is 221 Å². The van der Waals surface area contributed by atoms with Crippen LogP contribution in [0, 0.1) is 0 Å². The van der Waals surface area contributed by atoms with Crippen LogP contribution in [0.25, 0.3) is 48.7 Å². The Balaban J connectivity index is 2.21. The summed E-state index contributed by atoms with van der Waals surface area (Å²) in [6.45, 7) is 3.18. The molecule has 0 saturated heterocycles. The minimum Gasteiger partial charge on any atom is -0.504 e. The molecular weight excluding hydrogens is 504 g/mol. The van der Waals surface area contributed by atoms with Crippen LogP contribution < -0.4 is 29.8 Å². The fourth-order valence-electron chi connectivity index (χ4n) is 6.44. The van der Waals surface area contributed by atoms with Crippen LogP contribution in [0.5, 0.6) is 34.5 Å². The Morgan fingerprint density at radius 2 is 1.18 bits per heavy atom. The molecule has 0 saturated carbocycles. The van der Waals surface area contributed by atoms with E-state index in [1.807, 2.05) is 0 Å². The summed E-state index contributed by atoms with van der Waals surface area (Å²) in [7, 11) is 5.55. The molecule has 0 aromatic heterocycles. The van der Waals surface area contributed by atoms with E-state index in [-0.39, 0.29) is 57.3 Å². The first-order valence-electron chi connectivity index (χ1n) is 12.1. The van der Waals surface area contributed by atoms with Gasteiger partial charge in [0, 0.05) is 55.8 Å². The van der Waals surface area contributed by atoms with Gasteiger partial charge < -0.3 is 29.2 Å². The zero-order chi connectivity index (χ0) is 28.1. The second-order valence-corrected chi connectivity index (χ2v) is 9.66. The number of phenols is 2. The lowest BCUT2D eigenvalue weighted by Gasteiger charge is -2.24. The molecule has 0 radical (unpaired) electrons. The molecular formula is C30H24O9. The van der Waals surface area contributed by atoms with Gasteiger partial charge in [0.2, 0.25) is 0 Å². The Kier molecular flexibility index (Phi) is 5.10. The van der Waals surface area contributed by atoms with Gasteiger partial charge in [0.1, 0.15) is 11.5 Å². The van der Waals surface area contributed by atoms with E-state index in [4.69, 9.17) is 18.9 Å². The first-order valence-corrected chi connectivity index (χ1v) is 12.1. The van der Waals surface area contributed by atoms with Crippen molar-refractivity contribution in [1.29, 1.82) is 0 Å². The molecule has 0 aliphatic heterocycles. The number of phenolic OH excluding ortho intramolecular Hbond substituents is 2. The Morgan fingerprint density at radius 3 is 1.64 bits per heavy atom. The monoisotopic (exact) mass is 528 g/mol. The largest absolute Gasteiger partial charge is 0.504 e. The molecule has 0 bridgehead atoms. The van der Waals surface area contributed by atoms with Crippen molar-refractivity contribution < 1.29 is 34.0 Å². The number of carbonyl (C=O) groups is 1. The Hall–Kier alpha value is -4.79. The molecule has 0 heterocycles. The number of rotatable bonds is 5. The second kappa shape index (κ2) is 8.10. The summed E-state index contributed by atoms with van der Waals surface area (Å²) in [4.78, 5) is 40.2. The van der Waals surface area contributed by atoms with Crippen molar-refractivity contribution in [2.75, 3.05) is 28.4 Å². The number of aromatic hydroxyl groups is 2. The quantitative estimate of drug-likeness (QED) is 0.254. The molecule has 9 heteroatoms. The van der Waals surface area contributed by atoms with Crippen molar-refractivity contribution in [3.8, 4) is 34.5 Å². The third-order valence-corrected chi connectivity index (χ3v) is 7.79. The fourth-order valence-corrected chi connectivity index (χ4v) is 6.44. The van der Waals surface area contributed by atoms with Gasteiger partial charge >= 0.3 is 0 Å². The topological polar surface area (TPSA) is 129 Å². The van der Waals surface area contributed by atoms with E-state index in [0.29, 0.717) is 49.0 Å². The summed E-state index contributed by atoms with van der Waals surface area (Å²) in [6, 6.07) is 2.51. The molecule has 5 aromatic carbocycles. The molecule has 0 spiro atoms. The molecule has 0 fully saturated rings. The summed E-state index contributed by atoms with van der Waals surface area (Å²) in [5.41, 5.74) is 0.690. The average Bonchev–Trinajstić information content (AvgIpc) is 3.02. The zero-order valence-corrected chi connectivity index (χ0v) is 22.1. The highest BCUT2D eigenvalue weighted by Gasteiger charge is 2.36. The number of methoxy groups -OCH3 is 4. The Morgan fingerprint density at radius 1 is 0.692 bits per heavy atom. The number of hydrogen-bond donors (Lipinski definition) is 2. The van der Waals surface area contributed by atoms with E-state index < -0.39 is 16.6 Å². The molecule has 1 aliphatic rings. The predicted octanol–water partition coefficient (Wildman–Crippen LogP) is 4.26. The van der Waals surface area contributed by atoms with E-state index in [2.05, 4.69) is 0 Å². The number of fused-ring (bicyclic) bond motifs is 1. The maximum Gasteiger partial charge on any atom is 0.194 e. The number of hydrogen-bond acceptors (Lipinski definition) is 9. The van der Waals surface area contributed by atoms with Crippen LogP contribution in [0.4, 0.5) is 0 Å². The smallest absolute Gasteiger partial charge is 0.194 e. The SMILES string of the molecule is COc1c(O)c2c(=O)cc(OC)c3c4c(OC)cc(=O)c5c(O)c(OC)c6c(c(c1CC(C)=C6C(C)=O)c23)c54. The summed E-state index contributed by atoms with van der Waals surface area (Å²) >= 11 is 0. The molecule has 0 amide bonds. The van der Waals surface area contributed by atoms with E-state index in [1.165, 1.54) is 47.5 Å². The maximum absolute atomic E-state index is 13.5. The third-order valence-electron chi connectivity index (χ3n) is 7.79. The lowest BCUT2D eigenvalue weighted by Crippen LogP contribution is -2.10.